The molecule has 0 aliphatic carbocycles. The van der Waals surface area contributed by atoms with E-state index in [1.54, 1.807) is 29.5 Å². The highest BCUT2D eigenvalue weighted by Crippen LogP contribution is 2.39. The van der Waals surface area contributed by atoms with Crippen molar-refractivity contribution >= 4 is 44.7 Å². The molecule has 0 aliphatic heterocycles. The van der Waals surface area contributed by atoms with Gasteiger partial charge < -0.3 is 10.4 Å². The van der Waals surface area contributed by atoms with E-state index in [1.807, 2.05) is 0 Å². The van der Waals surface area contributed by atoms with Gasteiger partial charge in [0.2, 0.25) is 0 Å². The van der Waals surface area contributed by atoms with Gasteiger partial charge in [-0.05, 0) is 35.2 Å². The number of aromatic nitrogens is 2. The molecule has 4 rings (SSSR count). The van der Waals surface area contributed by atoms with E-state index in [0.717, 1.165) is 21.3 Å². The van der Waals surface area contributed by atoms with Crippen LogP contribution in [0.3, 0.4) is 0 Å². The van der Waals surface area contributed by atoms with Gasteiger partial charge in [0, 0.05) is 16.0 Å². The van der Waals surface area contributed by atoms with Crippen LogP contribution < -0.4 is 5.32 Å². The van der Waals surface area contributed by atoms with Crippen LogP contribution in [-0.4, -0.2) is 15.1 Å². The van der Waals surface area contributed by atoms with Crippen molar-refractivity contribution in [2.45, 2.75) is 19.8 Å². The predicted octanol–water partition coefficient (Wildman–Crippen LogP) is 6.58. The quantitative estimate of drug-likeness (QED) is 0.383. The predicted molar refractivity (Wildman–Crippen MR) is 113 cm³/mol. The molecule has 0 saturated heterocycles. The highest BCUT2D eigenvalue weighted by Gasteiger charge is 2.15. The third kappa shape index (κ3) is 3.48. The van der Waals surface area contributed by atoms with Gasteiger partial charge in [-0.15, -0.1) is 11.3 Å². The lowest BCUT2D eigenvalue weighted by atomic mass is 9.99. The Balaban J connectivity index is 1.81. The second-order valence-electron chi connectivity index (χ2n) is 6.61. The highest BCUT2D eigenvalue weighted by molar-refractivity contribution is 7.17. The molecule has 0 fully saturated rings. The number of rotatable bonds is 4. The first-order chi connectivity index (χ1) is 13.0. The van der Waals surface area contributed by atoms with E-state index < -0.39 is 0 Å². The molecule has 0 spiro atoms. The van der Waals surface area contributed by atoms with Gasteiger partial charge in [0.15, 0.2) is 0 Å². The maximum Gasteiger partial charge on any atom is 0.143 e. The minimum Gasteiger partial charge on any atom is -0.506 e. The highest BCUT2D eigenvalue weighted by atomic mass is 35.5. The van der Waals surface area contributed by atoms with Crippen LogP contribution in [-0.2, 0) is 0 Å². The molecule has 2 N–H and O–H groups in total. The standard InChI is InChI=1S/C21H18ClN3OS/c1-12(2)13-3-5-14(6-4-13)16-10-27-21-19(16)20(23-11-24-21)25-17-9-15(22)7-8-18(17)26/h3-12,26H,1-2H3,(H,23,24,25). The first kappa shape index (κ1) is 17.8. The molecular formula is C21H18ClN3OS. The van der Waals surface area contributed by atoms with Crippen molar-refractivity contribution in [2.24, 2.45) is 0 Å². The number of nitrogens with one attached hydrogen (secondary N) is 1. The van der Waals surface area contributed by atoms with Crippen molar-refractivity contribution in [1.29, 1.82) is 0 Å². The molecule has 136 valence electrons. The SMILES string of the molecule is CC(C)c1ccc(-c2csc3ncnc(Nc4cc(Cl)ccc4O)c23)cc1. The zero-order valence-electron chi connectivity index (χ0n) is 14.9. The van der Waals surface area contributed by atoms with Crippen molar-refractivity contribution in [1.82, 2.24) is 9.97 Å². The summed E-state index contributed by atoms with van der Waals surface area (Å²) in [5, 5.41) is 16.9. The smallest absolute Gasteiger partial charge is 0.143 e. The molecule has 0 amide bonds. The topological polar surface area (TPSA) is 58.0 Å². The Morgan fingerprint density at radius 3 is 2.59 bits per heavy atom. The molecule has 0 radical (unpaired) electrons. The van der Waals surface area contributed by atoms with Crippen LogP contribution in [0.5, 0.6) is 5.75 Å². The van der Waals surface area contributed by atoms with Crippen LogP contribution in [0.2, 0.25) is 5.02 Å². The average molecular weight is 396 g/mol. The van der Waals surface area contributed by atoms with Crippen LogP contribution in [0.4, 0.5) is 11.5 Å². The van der Waals surface area contributed by atoms with Crippen LogP contribution >= 0.6 is 22.9 Å². The summed E-state index contributed by atoms with van der Waals surface area (Å²) < 4.78 is 0. The molecule has 0 saturated carbocycles. The van der Waals surface area contributed by atoms with Crippen LogP contribution in [0, 0.1) is 0 Å². The van der Waals surface area contributed by atoms with Crippen molar-refractivity contribution in [3.05, 3.63) is 64.8 Å². The third-order valence-corrected chi connectivity index (χ3v) is 5.59. The van der Waals surface area contributed by atoms with Gasteiger partial charge in [0.05, 0.1) is 11.1 Å². The van der Waals surface area contributed by atoms with Crippen molar-refractivity contribution in [2.75, 3.05) is 5.32 Å². The first-order valence-electron chi connectivity index (χ1n) is 8.61. The Kier molecular flexibility index (Phi) is 4.72. The van der Waals surface area contributed by atoms with Crippen molar-refractivity contribution in [3.8, 4) is 16.9 Å². The fraction of sp³-hybridized carbons (Fsp3) is 0.143. The number of thiophene rings is 1. The summed E-state index contributed by atoms with van der Waals surface area (Å²) in [4.78, 5) is 9.69. The van der Waals surface area contributed by atoms with Gasteiger partial charge in [-0.3, -0.25) is 0 Å². The second kappa shape index (κ2) is 7.18. The van der Waals surface area contributed by atoms with Crippen LogP contribution in [0.25, 0.3) is 21.3 Å². The lowest BCUT2D eigenvalue weighted by molar-refractivity contribution is 0.478. The number of halogens is 1. The van der Waals surface area contributed by atoms with E-state index >= 15 is 0 Å². The molecular weight excluding hydrogens is 378 g/mol. The lowest BCUT2D eigenvalue weighted by Gasteiger charge is -2.11. The molecule has 2 aromatic carbocycles. The monoisotopic (exact) mass is 395 g/mol. The van der Waals surface area contributed by atoms with E-state index in [4.69, 9.17) is 11.6 Å². The molecule has 6 heteroatoms. The van der Waals surface area contributed by atoms with Crippen molar-refractivity contribution < 1.29 is 5.11 Å². The largest absolute Gasteiger partial charge is 0.506 e. The molecule has 0 unspecified atom stereocenters. The maximum atomic E-state index is 10.1. The average Bonchev–Trinajstić information content (AvgIpc) is 3.10. The minimum atomic E-state index is 0.115. The minimum absolute atomic E-state index is 0.115. The third-order valence-electron chi connectivity index (χ3n) is 4.47. The Morgan fingerprint density at radius 1 is 1.07 bits per heavy atom. The van der Waals surface area contributed by atoms with Gasteiger partial charge >= 0.3 is 0 Å². The Labute approximate surface area is 166 Å². The summed E-state index contributed by atoms with van der Waals surface area (Å²) in [6, 6.07) is 13.4. The number of nitrogens with zero attached hydrogens (tertiary/aromatic N) is 2. The molecule has 0 atom stereocenters. The number of benzene rings is 2. The number of fused-ring (bicyclic) bond motifs is 1. The second-order valence-corrected chi connectivity index (χ2v) is 7.91. The maximum absolute atomic E-state index is 10.1. The number of hydrogen-bond donors (Lipinski definition) is 2. The molecule has 0 bridgehead atoms. The fourth-order valence-corrected chi connectivity index (χ4v) is 4.05. The molecule has 0 aliphatic rings. The molecule has 27 heavy (non-hydrogen) atoms. The summed E-state index contributed by atoms with van der Waals surface area (Å²) in [6.07, 6.45) is 1.52. The van der Waals surface area contributed by atoms with Gasteiger partial charge in [0.1, 0.15) is 22.7 Å². The normalized spacial score (nSPS) is 11.3. The van der Waals surface area contributed by atoms with E-state index in [2.05, 4.69) is 58.8 Å². The zero-order chi connectivity index (χ0) is 19.0. The Bertz CT molecular complexity index is 1110. The molecule has 2 heterocycles. The summed E-state index contributed by atoms with van der Waals surface area (Å²) in [5.74, 6) is 1.25. The van der Waals surface area contributed by atoms with E-state index in [9.17, 15) is 5.11 Å². The number of phenolic OH excluding ortho intramolecular Hbond substituents is 1. The summed E-state index contributed by atoms with van der Waals surface area (Å²) in [7, 11) is 0. The Morgan fingerprint density at radius 2 is 1.85 bits per heavy atom. The van der Waals surface area contributed by atoms with Crippen molar-refractivity contribution in [3.63, 3.8) is 0 Å². The molecule has 2 aromatic heterocycles. The number of hydrogen-bond acceptors (Lipinski definition) is 5. The van der Waals surface area contributed by atoms with Gasteiger partial charge in [0.25, 0.3) is 0 Å². The summed E-state index contributed by atoms with van der Waals surface area (Å²) in [5.41, 5.74) is 3.99. The first-order valence-corrected chi connectivity index (χ1v) is 9.87. The summed E-state index contributed by atoms with van der Waals surface area (Å²) in [6.45, 7) is 4.37. The molecule has 4 aromatic rings. The fourth-order valence-electron chi connectivity index (χ4n) is 2.97. The number of phenols is 1. The van der Waals surface area contributed by atoms with Gasteiger partial charge in [-0.25, -0.2) is 9.97 Å². The number of aromatic hydroxyl groups is 1. The van der Waals surface area contributed by atoms with Gasteiger partial charge in [-0.1, -0.05) is 49.7 Å². The molecule has 4 nitrogen and oxygen atoms in total. The van der Waals surface area contributed by atoms with E-state index in [1.165, 1.54) is 11.9 Å². The Hall–Kier alpha value is -2.63. The number of anilines is 2. The van der Waals surface area contributed by atoms with E-state index in [0.29, 0.717) is 22.4 Å². The summed E-state index contributed by atoms with van der Waals surface area (Å²) >= 11 is 7.64. The lowest BCUT2D eigenvalue weighted by Crippen LogP contribution is -1.96. The van der Waals surface area contributed by atoms with Crippen LogP contribution in [0.1, 0.15) is 25.3 Å². The van der Waals surface area contributed by atoms with Crippen LogP contribution in [0.15, 0.2) is 54.2 Å². The van der Waals surface area contributed by atoms with Gasteiger partial charge in [-0.2, -0.15) is 0 Å². The zero-order valence-corrected chi connectivity index (χ0v) is 16.5. The van der Waals surface area contributed by atoms with E-state index in [-0.39, 0.29) is 5.75 Å².